The number of unbranched alkanes of at least 4 members (excludes halogenated alkanes) is 3. The van der Waals surface area contributed by atoms with Crippen molar-refractivity contribution in [2.45, 2.75) is 32.1 Å². The van der Waals surface area contributed by atoms with Gasteiger partial charge in [-0.1, -0.05) is 31.0 Å². The highest BCUT2D eigenvalue weighted by molar-refractivity contribution is 6.07. The Kier molecular flexibility index (Phi) is 8.63. The molecule has 174 valence electrons. The van der Waals surface area contributed by atoms with Crippen molar-refractivity contribution in [3.63, 3.8) is 0 Å². The van der Waals surface area contributed by atoms with E-state index >= 15 is 0 Å². The fraction of sp³-hybridized carbons (Fsp3) is 0.346. The van der Waals surface area contributed by atoms with Gasteiger partial charge >= 0.3 is 5.97 Å². The van der Waals surface area contributed by atoms with Gasteiger partial charge in [0.2, 0.25) is 0 Å². The van der Waals surface area contributed by atoms with Crippen LogP contribution in [0.4, 0.5) is 0 Å². The maximum absolute atomic E-state index is 13.0. The lowest BCUT2D eigenvalue weighted by atomic mass is 10.0. The second kappa shape index (κ2) is 11.9. The average Bonchev–Trinajstić information content (AvgIpc) is 2.86. The van der Waals surface area contributed by atoms with E-state index < -0.39 is 0 Å². The van der Waals surface area contributed by atoms with E-state index in [4.69, 9.17) is 14.5 Å². The van der Waals surface area contributed by atoms with E-state index in [1.807, 2.05) is 48.5 Å². The summed E-state index contributed by atoms with van der Waals surface area (Å²) in [5, 5.41) is 3.82. The van der Waals surface area contributed by atoms with Crippen LogP contribution in [-0.2, 0) is 9.53 Å². The number of carbonyl (C=O) groups is 2. The van der Waals surface area contributed by atoms with Crippen LogP contribution in [-0.4, -0.2) is 44.7 Å². The molecule has 7 nitrogen and oxygen atoms in total. The van der Waals surface area contributed by atoms with Crippen LogP contribution in [0, 0.1) is 0 Å². The summed E-state index contributed by atoms with van der Waals surface area (Å²) in [6.45, 7) is 0.569. The number of para-hydroxylation sites is 1. The van der Waals surface area contributed by atoms with Gasteiger partial charge in [-0.3, -0.25) is 9.59 Å². The average molecular weight is 451 g/mol. The fourth-order valence-electron chi connectivity index (χ4n) is 3.65. The van der Waals surface area contributed by atoms with Crippen molar-refractivity contribution >= 4 is 22.8 Å². The van der Waals surface area contributed by atoms with Crippen LogP contribution in [0.3, 0.4) is 0 Å². The highest BCUT2D eigenvalue weighted by atomic mass is 16.5. The van der Waals surface area contributed by atoms with Crippen LogP contribution in [0.5, 0.6) is 11.5 Å². The first-order valence-corrected chi connectivity index (χ1v) is 11.0. The van der Waals surface area contributed by atoms with E-state index in [-0.39, 0.29) is 11.9 Å². The summed E-state index contributed by atoms with van der Waals surface area (Å²) >= 11 is 0. The molecule has 0 bridgehead atoms. The lowest BCUT2D eigenvalue weighted by Crippen LogP contribution is -2.24. The molecule has 0 aliphatic carbocycles. The molecule has 1 amide bonds. The fourth-order valence-corrected chi connectivity index (χ4v) is 3.65. The first-order valence-electron chi connectivity index (χ1n) is 11.0. The molecule has 7 heteroatoms. The zero-order chi connectivity index (χ0) is 23.6. The number of rotatable bonds is 11. The molecule has 0 unspecified atom stereocenters. The molecule has 1 N–H and O–H groups in total. The molecular formula is C26H30N2O5. The summed E-state index contributed by atoms with van der Waals surface area (Å²) in [4.78, 5) is 28.9. The predicted molar refractivity (Wildman–Crippen MR) is 128 cm³/mol. The van der Waals surface area contributed by atoms with Gasteiger partial charge < -0.3 is 19.5 Å². The Morgan fingerprint density at radius 2 is 1.64 bits per heavy atom. The molecule has 33 heavy (non-hydrogen) atoms. The summed E-state index contributed by atoms with van der Waals surface area (Å²) < 4.78 is 15.4. The summed E-state index contributed by atoms with van der Waals surface area (Å²) in [7, 11) is 4.58. The largest absolute Gasteiger partial charge is 0.493 e. The van der Waals surface area contributed by atoms with Crippen LogP contribution in [0.25, 0.3) is 22.2 Å². The number of nitrogens with one attached hydrogen (secondary N) is 1. The molecular weight excluding hydrogens is 420 g/mol. The van der Waals surface area contributed by atoms with Crippen LogP contribution < -0.4 is 14.8 Å². The highest BCUT2D eigenvalue weighted by Gasteiger charge is 2.15. The number of methoxy groups -OCH3 is 3. The van der Waals surface area contributed by atoms with E-state index in [1.54, 1.807) is 14.2 Å². The van der Waals surface area contributed by atoms with E-state index in [0.717, 1.165) is 42.1 Å². The maximum Gasteiger partial charge on any atom is 0.305 e. The third-order valence-corrected chi connectivity index (χ3v) is 5.46. The van der Waals surface area contributed by atoms with Crippen molar-refractivity contribution in [3.8, 4) is 22.8 Å². The number of nitrogens with zero attached hydrogens (tertiary/aromatic N) is 1. The van der Waals surface area contributed by atoms with Crippen molar-refractivity contribution in [2.24, 2.45) is 0 Å². The Hall–Kier alpha value is -3.61. The molecule has 2 aromatic carbocycles. The second-order valence-corrected chi connectivity index (χ2v) is 7.64. The topological polar surface area (TPSA) is 86.8 Å². The number of esters is 1. The minimum Gasteiger partial charge on any atom is -0.493 e. The van der Waals surface area contributed by atoms with Crippen LogP contribution in [0.1, 0.15) is 42.5 Å². The van der Waals surface area contributed by atoms with Gasteiger partial charge in [-0.2, -0.15) is 0 Å². The van der Waals surface area contributed by atoms with Crippen LogP contribution in [0.2, 0.25) is 0 Å². The number of benzene rings is 2. The number of aromatic nitrogens is 1. The smallest absolute Gasteiger partial charge is 0.305 e. The molecule has 0 radical (unpaired) electrons. The zero-order valence-electron chi connectivity index (χ0n) is 19.3. The monoisotopic (exact) mass is 450 g/mol. The molecule has 0 saturated heterocycles. The Bertz CT molecular complexity index is 1110. The summed E-state index contributed by atoms with van der Waals surface area (Å²) in [6, 6.07) is 15.0. The van der Waals surface area contributed by atoms with E-state index in [1.165, 1.54) is 7.11 Å². The zero-order valence-corrected chi connectivity index (χ0v) is 19.3. The number of hydrogen-bond donors (Lipinski definition) is 1. The van der Waals surface area contributed by atoms with Crippen molar-refractivity contribution < 1.29 is 23.8 Å². The minimum absolute atomic E-state index is 0.134. The number of ether oxygens (including phenoxy) is 3. The lowest BCUT2D eigenvalue weighted by Gasteiger charge is -2.12. The standard InChI is InChI=1S/C26H30N2O5/c1-31-23-14-13-18(16-24(23)32-2)22-17-20(19-10-7-8-11-21(19)28-22)26(30)27-15-9-5-4-6-12-25(29)33-3/h7-8,10-11,13-14,16-17H,4-6,9,12,15H2,1-3H3,(H,27,30). The first kappa shape index (κ1) is 24.0. The van der Waals surface area contributed by atoms with Gasteiger partial charge in [0.15, 0.2) is 11.5 Å². The maximum atomic E-state index is 13.0. The Morgan fingerprint density at radius 1 is 0.879 bits per heavy atom. The van der Waals surface area contributed by atoms with Crippen LogP contribution >= 0.6 is 0 Å². The Balaban J connectivity index is 1.73. The van der Waals surface area contributed by atoms with Gasteiger partial charge in [0.05, 0.1) is 38.1 Å². The molecule has 1 aromatic heterocycles. The molecule has 0 aliphatic rings. The number of fused-ring (bicyclic) bond motifs is 1. The SMILES string of the molecule is COC(=O)CCCCCCNC(=O)c1cc(-c2ccc(OC)c(OC)c2)nc2ccccc12. The summed E-state index contributed by atoms with van der Waals surface area (Å²) in [5.41, 5.74) is 2.84. The molecule has 0 fully saturated rings. The molecule has 0 spiro atoms. The molecule has 3 rings (SSSR count). The van der Waals surface area contributed by atoms with Gasteiger partial charge in [0.25, 0.3) is 5.91 Å². The van der Waals surface area contributed by atoms with Crippen molar-refractivity contribution in [3.05, 3.63) is 54.1 Å². The highest BCUT2D eigenvalue weighted by Crippen LogP contribution is 2.33. The number of amides is 1. The van der Waals surface area contributed by atoms with Crippen molar-refractivity contribution in [1.29, 1.82) is 0 Å². The Morgan fingerprint density at radius 3 is 2.39 bits per heavy atom. The first-order chi connectivity index (χ1) is 16.1. The molecule has 3 aromatic rings. The van der Waals surface area contributed by atoms with E-state index in [0.29, 0.717) is 35.7 Å². The normalized spacial score (nSPS) is 10.6. The van der Waals surface area contributed by atoms with Crippen molar-refractivity contribution in [1.82, 2.24) is 10.3 Å². The molecule has 0 saturated carbocycles. The van der Waals surface area contributed by atoms with Gasteiger partial charge in [-0.15, -0.1) is 0 Å². The summed E-state index contributed by atoms with van der Waals surface area (Å²) in [6.07, 6.45) is 3.94. The quantitative estimate of drug-likeness (QED) is 0.334. The van der Waals surface area contributed by atoms with Gasteiger partial charge in [0.1, 0.15) is 0 Å². The Labute approximate surface area is 194 Å². The van der Waals surface area contributed by atoms with Crippen molar-refractivity contribution in [2.75, 3.05) is 27.9 Å². The summed E-state index contributed by atoms with van der Waals surface area (Å²) in [5.74, 6) is 0.915. The number of hydrogen-bond acceptors (Lipinski definition) is 6. The second-order valence-electron chi connectivity index (χ2n) is 7.64. The molecule has 0 atom stereocenters. The number of pyridine rings is 1. The van der Waals surface area contributed by atoms with E-state index in [9.17, 15) is 9.59 Å². The van der Waals surface area contributed by atoms with Gasteiger partial charge in [-0.25, -0.2) is 4.98 Å². The predicted octanol–water partition coefficient (Wildman–Crippen LogP) is 4.77. The number of carbonyl (C=O) groups excluding carboxylic acids is 2. The third-order valence-electron chi connectivity index (χ3n) is 5.46. The molecule has 1 heterocycles. The third kappa shape index (κ3) is 6.22. The minimum atomic E-state index is -0.182. The van der Waals surface area contributed by atoms with Crippen LogP contribution in [0.15, 0.2) is 48.5 Å². The molecule has 0 aliphatic heterocycles. The van der Waals surface area contributed by atoms with Gasteiger partial charge in [0, 0.05) is 23.9 Å². The van der Waals surface area contributed by atoms with Gasteiger partial charge in [-0.05, 0) is 43.2 Å². The lowest BCUT2D eigenvalue weighted by molar-refractivity contribution is -0.140. The van der Waals surface area contributed by atoms with E-state index in [2.05, 4.69) is 10.1 Å².